The molecule has 0 spiro atoms. The average molecular weight is 302 g/mol. The largest absolute Gasteiger partial charge is 0.493 e. The van der Waals surface area contributed by atoms with E-state index in [9.17, 15) is 0 Å². The molecule has 0 N–H and O–H groups in total. The number of nitriles is 1. The van der Waals surface area contributed by atoms with Gasteiger partial charge in [-0.25, -0.2) is 0 Å². The zero-order valence-corrected chi connectivity index (χ0v) is 12.6. The van der Waals surface area contributed by atoms with E-state index in [0.717, 1.165) is 12.0 Å². The third-order valence-electron chi connectivity index (χ3n) is 2.86. The van der Waals surface area contributed by atoms with Gasteiger partial charge in [0.05, 0.1) is 29.9 Å². The van der Waals surface area contributed by atoms with Gasteiger partial charge in [-0.1, -0.05) is 23.7 Å². The summed E-state index contributed by atoms with van der Waals surface area (Å²) in [4.78, 5) is 0. The van der Waals surface area contributed by atoms with Crippen molar-refractivity contribution in [2.45, 2.75) is 13.3 Å². The lowest BCUT2D eigenvalue weighted by atomic mass is 10.2. The van der Waals surface area contributed by atoms with Crippen molar-refractivity contribution in [3.8, 4) is 17.6 Å². The maximum atomic E-state index is 8.81. The molecule has 21 heavy (non-hydrogen) atoms. The highest BCUT2D eigenvalue weighted by molar-refractivity contribution is 6.32. The number of halogens is 1. The van der Waals surface area contributed by atoms with E-state index in [-0.39, 0.29) is 0 Å². The van der Waals surface area contributed by atoms with E-state index in [2.05, 4.69) is 6.07 Å². The lowest BCUT2D eigenvalue weighted by molar-refractivity contribution is 0.247. The van der Waals surface area contributed by atoms with Crippen molar-refractivity contribution in [3.05, 3.63) is 58.6 Å². The van der Waals surface area contributed by atoms with E-state index in [1.54, 1.807) is 18.2 Å². The molecule has 0 aliphatic heterocycles. The van der Waals surface area contributed by atoms with Crippen molar-refractivity contribution in [2.24, 2.45) is 0 Å². The van der Waals surface area contributed by atoms with Crippen LogP contribution in [0, 0.1) is 18.3 Å². The smallest absolute Gasteiger partial charge is 0.138 e. The Hall–Kier alpha value is -2.18. The SMILES string of the molecule is Cc1ccc(Cl)c(OCCCOc2cccc(C#N)c2)c1. The van der Waals surface area contributed by atoms with Gasteiger partial charge >= 0.3 is 0 Å². The van der Waals surface area contributed by atoms with Gasteiger partial charge in [0.15, 0.2) is 0 Å². The number of rotatable bonds is 6. The van der Waals surface area contributed by atoms with Crippen LogP contribution in [-0.2, 0) is 0 Å². The topological polar surface area (TPSA) is 42.2 Å². The molecular formula is C17H16ClNO2. The number of hydrogen-bond donors (Lipinski definition) is 0. The van der Waals surface area contributed by atoms with Gasteiger partial charge in [-0.3, -0.25) is 0 Å². The molecule has 3 nitrogen and oxygen atoms in total. The third kappa shape index (κ3) is 4.70. The van der Waals surface area contributed by atoms with E-state index in [1.165, 1.54) is 0 Å². The predicted octanol–water partition coefficient (Wildman–Crippen LogP) is 4.37. The summed E-state index contributed by atoms with van der Waals surface area (Å²) >= 11 is 6.05. The van der Waals surface area contributed by atoms with Gasteiger partial charge in [0, 0.05) is 6.42 Å². The molecule has 0 fully saturated rings. The molecule has 0 heterocycles. The number of nitrogens with zero attached hydrogens (tertiary/aromatic N) is 1. The monoisotopic (exact) mass is 301 g/mol. The Kier molecular flexibility index (Phi) is 5.48. The van der Waals surface area contributed by atoms with Crippen LogP contribution in [0.15, 0.2) is 42.5 Å². The van der Waals surface area contributed by atoms with Gasteiger partial charge in [-0.05, 0) is 42.8 Å². The fourth-order valence-electron chi connectivity index (χ4n) is 1.81. The molecule has 0 aliphatic rings. The van der Waals surface area contributed by atoms with Gasteiger partial charge in [-0.2, -0.15) is 5.26 Å². The van der Waals surface area contributed by atoms with Crippen LogP contribution in [0.5, 0.6) is 11.5 Å². The summed E-state index contributed by atoms with van der Waals surface area (Å²) in [5.41, 5.74) is 1.70. The van der Waals surface area contributed by atoms with E-state index in [0.29, 0.717) is 35.3 Å². The molecule has 0 aromatic heterocycles. The van der Waals surface area contributed by atoms with Crippen LogP contribution in [0.1, 0.15) is 17.5 Å². The molecule has 2 rings (SSSR count). The molecule has 0 bridgehead atoms. The van der Waals surface area contributed by atoms with Gasteiger partial charge in [0.1, 0.15) is 11.5 Å². The highest BCUT2D eigenvalue weighted by Gasteiger charge is 2.02. The van der Waals surface area contributed by atoms with Crippen molar-refractivity contribution in [1.82, 2.24) is 0 Å². The number of ether oxygens (including phenoxy) is 2. The zero-order chi connectivity index (χ0) is 15.1. The van der Waals surface area contributed by atoms with Crippen molar-refractivity contribution in [3.63, 3.8) is 0 Å². The Morgan fingerprint density at radius 1 is 1.10 bits per heavy atom. The highest BCUT2D eigenvalue weighted by atomic mass is 35.5. The summed E-state index contributed by atoms with van der Waals surface area (Å²) in [6.07, 6.45) is 0.737. The van der Waals surface area contributed by atoms with Crippen LogP contribution in [0.2, 0.25) is 5.02 Å². The van der Waals surface area contributed by atoms with Crippen molar-refractivity contribution < 1.29 is 9.47 Å². The minimum absolute atomic E-state index is 0.526. The molecule has 108 valence electrons. The summed E-state index contributed by atoms with van der Waals surface area (Å²) in [5, 5.41) is 9.42. The second-order valence-electron chi connectivity index (χ2n) is 4.62. The second kappa shape index (κ2) is 7.56. The summed E-state index contributed by atoms with van der Waals surface area (Å²) < 4.78 is 11.2. The first-order valence-corrected chi connectivity index (χ1v) is 7.09. The van der Waals surface area contributed by atoms with Crippen LogP contribution < -0.4 is 9.47 Å². The van der Waals surface area contributed by atoms with Gasteiger partial charge in [-0.15, -0.1) is 0 Å². The first-order valence-electron chi connectivity index (χ1n) is 6.71. The summed E-state index contributed by atoms with van der Waals surface area (Å²) in [6.45, 7) is 3.05. The fourth-order valence-corrected chi connectivity index (χ4v) is 1.98. The Morgan fingerprint density at radius 2 is 1.90 bits per heavy atom. The Morgan fingerprint density at radius 3 is 2.71 bits per heavy atom. The van der Waals surface area contributed by atoms with Gasteiger partial charge in [0.2, 0.25) is 0 Å². The lowest BCUT2D eigenvalue weighted by Gasteiger charge is -2.10. The molecule has 0 saturated carbocycles. The highest BCUT2D eigenvalue weighted by Crippen LogP contribution is 2.25. The second-order valence-corrected chi connectivity index (χ2v) is 5.03. The van der Waals surface area contributed by atoms with Crippen LogP contribution in [0.4, 0.5) is 0 Å². The Balaban J connectivity index is 1.75. The summed E-state index contributed by atoms with van der Waals surface area (Å²) in [5.74, 6) is 1.39. The molecule has 0 atom stereocenters. The number of aryl methyl sites for hydroxylation is 1. The van der Waals surface area contributed by atoms with Gasteiger partial charge < -0.3 is 9.47 Å². The van der Waals surface area contributed by atoms with E-state index >= 15 is 0 Å². The number of benzene rings is 2. The van der Waals surface area contributed by atoms with Crippen LogP contribution in [-0.4, -0.2) is 13.2 Å². The van der Waals surface area contributed by atoms with E-state index in [4.69, 9.17) is 26.3 Å². The first kappa shape index (κ1) is 15.2. The maximum Gasteiger partial charge on any atom is 0.138 e. The molecule has 0 saturated heterocycles. The molecule has 0 amide bonds. The molecule has 0 radical (unpaired) electrons. The van der Waals surface area contributed by atoms with Crippen LogP contribution in [0.3, 0.4) is 0 Å². The molecular weight excluding hydrogens is 286 g/mol. The van der Waals surface area contributed by atoms with Gasteiger partial charge in [0.25, 0.3) is 0 Å². The van der Waals surface area contributed by atoms with Crippen LogP contribution >= 0.6 is 11.6 Å². The molecule has 2 aromatic carbocycles. The summed E-state index contributed by atoms with van der Waals surface area (Å²) in [7, 11) is 0. The maximum absolute atomic E-state index is 8.81. The lowest BCUT2D eigenvalue weighted by Crippen LogP contribution is -2.05. The van der Waals surface area contributed by atoms with Crippen molar-refractivity contribution >= 4 is 11.6 Å². The Bertz CT molecular complexity index is 649. The van der Waals surface area contributed by atoms with Crippen LogP contribution in [0.25, 0.3) is 0 Å². The minimum atomic E-state index is 0.526. The van der Waals surface area contributed by atoms with E-state index in [1.807, 2.05) is 31.2 Å². The molecule has 2 aromatic rings. The van der Waals surface area contributed by atoms with Crippen molar-refractivity contribution in [2.75, 3.05) is 13.2 Å². The number of hydrogen-bond acceptors (Lipinski definition) is 3. The quantitative estimate of drug-likeness (QED) is 0.744. The predicted molar refractivity (Wildman–Crippen MR) is 83.0 cm³/mol. The molecule has 0 unspecified atom stereocenters. The first-order chi connectivity index (χ1) is 10.2. The van der Waals surface area contributed by atoms with Crippen molar-refractivity contribution in [1.29, 1.82) is 5.26 Å². The Labute approximate surface area is 129 Å². The fraction of sp³-hybridized carbons (Fsp3) is 0.235. The van der Waals surface area contributed by atoms with E-state index < -0.39 is 0 Å². The third-order valence-corrected chi connectivity index (χ3v) is 3.18. The molecule has 0 aliphatic carbocycles. The average Bonchev–Trinajstić information content (AvgIpc) is 2.50. The normalized spacial score (nSPS) is 9.95. The standard InChI is InChI=1S/C17H16ClNO2/c1-13-6-7-16(18)17(10-13)21-9-3-8-20-15-5-2-4-14(11-15)12-19/h2,4-7,10-11H,3,8-9H2,1H3. The summed E-state index contributed by atoms with van der Waals surface area (Å²) in [6, 6.07) is 14.9. The zero-order valence-electron chi connectivity index (χ0n) is 11.8. The molecule has 4 heteroatoms. The minimum Gasteiger partial charge on any atom is -0.493 e.